The van der Waals surface area contributed by atoms with E-state index in [1.54, 1.807) is 12.1 Å². The fraction of sp³-hybridized carbons (Fsp3) is 0.222. The summed E-state index contributed by atoms with van der Waals surface area (Å²) in [7, 11) is 0. The number of nitrogens with one attached hydrogen (secondary N) is 1. The molecule has 0 bridgehead atoms. The minimum absolute atomic E-state index is 0.150. The zero-order valence-electron chi connectivity index (χ0n) is 15.5. The highest BCUT2D eigenvalue weighted by Crippen LogP contribution is 2.35. The lowest BCUT2D eigenvalue weighted by Gasteiger charge is -2.05. The quantitative estimate of drug-likeness (QED) is 0.440. The number of carbonyl (C=O) groups is 1. The number of amides is 1. The molecule has 0 unspecified atom stereocenters. The lowest BCUT2D eigenvalue weighted by Crippen LogP contribution is -2.14. The normalized spacial score (nSPS) is 11.1. The average Bonchev–Trinajstić information content (AvgIpc) is 3.32. The third-order valence-electron chi connectivity index (χ3n) is 3.87. The summed E-state index contributed by atoms with van der Waals surface area (Å²) >= 11 is 4.12. The zero-order chi connectivity index (χ0) is 20.4. The van der Waals surface area contributed by atoms with Gasteiger partial charge in [-0.1, -0.05) is 30.0 Å². The van der Waals surface area contributed by atoms with Gasteiger partial charge in [0.25, 0.3) is 0 Å². The number of hydrogen-bond donors (Lipinski definition) is 1. The summed E-state index contributed by atoms with van der Waals surface area (Å²) in [5, 5.41) is 22.1. The van der Waals surface area contributed by atoms with Crippen molar-refractivity contribution in [1.29, 1.82) is 0 Å². The summed E-state index contributed by atoms with van der Waals surface area (Å²) in [4.78, 5) is 16.8. The molecule has 0 saturated heterocycles. The van der Waals surface area contributed by atoms with Gasteiger partial charge in [-0.2, -0.15) is 0 Å². The van der Waals surface area contributed by atoms with Crippen molar-refractivity contribution in [2.75, 3.05) is 11.1 Å². The van der Waals surface area contributed by atoms with Crippen molar-refractivity contribution < 1.29 is 9.18 Å². The number of halogens is 1. The van der Waals surface area contributed by atoms with Crippen molar-refractivity contribution in [3.8, 4) is 11.3 Å². The molecule has 11 heteroatoms. The standard InChI is InChI=1S/C18H15FN6OS3/c1-3-13-22-25-18(29-13)21-12(26)8-27-17-15-16(28-9(2)20-15)14(23-24-17)10-4-6-11(19)7-5-10/h4-7H,3,8H2,1-2H3,(H,21,25,26). The van der Waals surface area contributed by atoms with Gasteiger partial charge in [0.15, 0.2) is 0 Å². The van der Waals surface area contributed by atoms with E-state index >= 15 is 0 Å². The van der Waals surface area contributed by atoms with Crippen LogP contribution in [0.1, 0.15) is 16.9 Å². The first-order chi connectivity index (χ1) is 14.0. The van der Waals surface area contributed by atoms with E-state index in [1.165, 1.54) is 46.6 Å². The van der Waals surface area contributed by atoms with E-state index in [4.69, 9.17) is 0 Å². The van der Waals surface area contributed by atoms with Crippen LogP contribution in [0.2, 0.25) is 0 Å². The molecular formula is C18H15FN6OS3. The number of hydrogen-bond acceptors (Lipinski definition) is 9. The first kappa shape index (κ1) is 19.8. The van der Waals surface area contributed by atoms with E-state index < -0.39 is 0 Å². The highest BCUT2D eigenvalue weighted by Gasteiger charge is 2.17. The number of aromatic nitrogens is 5. The second kappa shape index (κ2) is 8.47. The molecule has 4 aromatic rings. The van der Waals surface area contributed by atoms with Crippen LogP contribution in [0, 0.1) is 12.7 Å². The molecule has 0 atom stereocenters. The van der Waals surface area contributed by atoms with Crippen LogP contribution in [0.5, 0.6) is 0 Å². The molecule has 3 heterocycles. The monoisotopic (exact) mass is 446 g/mol. The maximum Gasteiger partial charge on any atom is 0.236 e. The number of nitrogens with zero attached hydrogens (tertiary/aromatic N) is 5. The number of thiazole rings is 1. The Hall–Kier alpha value is -2.50. The maximum atomic E-state index is 13.2. The summed E-state index contributed by atoms with van der Waals surface area (Å²) in [5.41, 5.74) is 2.12. The van der Waals surface area contributed by atoms with Crippen molar-refractivity contribution in [3.05, 3.63) is 40.1 Å². The number of aryl methyl sites for hydroxylation is 2. The smallest absolute Gasteiger partial charge is 0.236 e. The summed E-state index contributed by atoms with van der Waals surface area (Å²) in [6.45, 7) is 3.89. The number of fused-ring (bicyclic) bond motifs is 1. The molecule has 0 aliphatic heterocycles. The number of anilines is 1. The van der Waals surface area contributed by atoms with Crippen LogP contribution in [-0.2, 0) is 11.2 Å². The number of rotatable bonds is 6. The second-order valence-corrected chi connectivity index (χ2v) is 9.19. The molecular weight excluding hydrogens is 431 g/mol. The fourth-order valence-electron chi connectivity index (χ4n) is 2.55. The molecule has 4 rings (SSSR count). The lowest BCUT2D eigenvalue weighted by molar-refractivity contribution is -0.113. The Balaban J connectivity index is 1.54. The van der Waals surface area contributed by atoms with Crippen LogP contribution in [-0.4, -0.2) is 37.0 Å². The van der Waals surface area contributed by atoms with E-state index in [2.05, 4.69) is 30.7 Å². The highest BCUT2D eigenvalue weighted by atomic mass is 32.2. The molecule has 0 aliphatic carbocycles. The molecule has 0 fully saturated rings. The van der Waals surface area contributed by atoms with Crippen LogP contribution >= 0.6 is 34.4 Å². The summed E-state index contributed by atoms with van der Waals surface area (Å²) in [6.07, 6.45) is 0.777. The molecule has 1 amide bonds. The molecule has 1 aromatic carbocycles. The Labute approximate surface area is 177 Å². The van der Waals surface area contributed by atoms with Gasteiger partial charge < -0.3 is 0 Å². The Morgan fingerprint density at radius 2 is 1.93 bits per heavy atom. The van der Waals surface area contributed by atoms with Crippen molar-refractivity contribution in [2.24, 2.45) is 0 Å². The Morgan fingerprint density at radius 1 is 1.14 bits per heavy atom. The van der Waals surface area contributed by atoms with Gasteiger partial charge in [0.1, 0.15) is 27.1 Å². The van der Waals surface area contributed by atoms with Gasteiger partial charge in [-0.05, 0) is 37.6 Å². The molecule has 1 N–H and O–H groups in total. The van der Waals surface area contributed by atoms with Crippen molar-refractivity contribution >= 4 is 55.7 Å². The molecule has 7 nitrogen and oxygen atoms in total. The van der Waals surface area contributed by atoms with Gasteiger partial charge in [-0.3, -0.25) is 10.1 Å². The second-order valence-electron chi connectivity index (χ2n) is 5.96. The largest absolute Gasteiger partial charge is 0.300 e. The van der Waals surface area contributed by atoms with Gasteiger partial charge in [0, 0.05) is 5.56 Å². The SMILES string of the molecule is CCc1nnc(NC(=O)CSc2nnc(-c3ccc(F)cc3)c3sc(C)nc23)s1. The van der Waals surface area contributed by atoms with Gasteiger partial charge in [-0.25, -0.2) is 9.37 Å². The third kappa shape index (κ3) is 4.41. The fourth-order valence-corrected chi connectivity index (χ4v) is 4.96. The van der Waals surface area contributed by atoms with Crippen LogP contribution in [0.25, 0.3) is 21.5 Å². The number of thioether (sulfide) groups is 1. The lowest BCUT2D eigenvalue weighted by atomic mass is 10.1. The minimum Gasteiger partial charge on any atom is -0.300 e. The Morgan fingerprint density at radius 3 is 2.66 bits per heavy atom. The molecule has 148 valence electrons. The van der Waals surface area contributed by atoms with Crippen molar-refractivity contribution in [1.82, 2.24) is 25.4 Å². The van der Waals surface area contributed by atoms with Crippen LogP contribution in [0.15, 0.2) is 29.3 Å². The summed E-state index contributed by atoms with van der Waals surface area (Å²) in [6, 6.07) is 6.11. The summed E-state index contributed by atoms with van der Waals surface area (Å²) in [5.74, 6) is -0.353. The van der Waals surface area contributed by atoms with Crippen molar-refractivity contribution in [3.63, 3.8) is 0 Å². The topological polar surface area (TPSA) is 93.6 Å². The predicted octanol–water partition coefficient (Wildman–Crippen LogP) is 4.35. The molecule has 3 aromatic heterocycles. The minimum atomic E-state index is -0.307. The van der Waals surface area contributed by atoms with Gasteiger partial charge in [-0.15, -0.1) is 31.7 Å². The number of benzene rings is 1. The molecule has 0 radical (unpaired) electrons. The maximum absolute atomic E-state index is 13.2. The van der Waals surface area contributed by atoms with E-state index in [1.807, 2.05) is 13.8 Å². The summed E-state index contributed by atoms with van der Waals surface area (Å²) < 4.78 is 14.1. The third-order valence-corrected chi connectivity index (χ3v) is 6.78. The van der Waals surface area contributed by atoms with E-state index in [-0.39, 0.29) is 17.5 Å². The van der Waals surface area contributed by atoms with E-state index in [0.29, 0.717) is 21.4 Å². The number of carbonyl (C=O) groups excluding carboxylic acids is 1. The van der Waals surface area contributed by atoms with Gasteiger partial charge in [0.2, 0.25) is 11.0 Å². The van der Waals surface area contributed by atoms with E-state index in [0.717, 1.165) is 26.7 Å². The first-order valence-corrected chi connectivity index (χ1v) is 11.3. The predicted molar refractivity (Wildman–Crippen MR) is 114 cm³/mol. The molecule has 0 saturated carbocycles. The van der Waals surface area contributed by atoms with Crippen LogP contribution in [0.3, 0.4) is 0 Å². The Bertz CT molecular complexity index is 1170. The van der Waals surface area contributed by atoms with Gasteiger partial charge in [0.05, 0.1) is 15.5 Å². The average molecular weight is 447 g/mol. The zero-order valence-corrected chi connectivity index (χ0v) is 17.9. The molecule has 0 aliphatic rings. The van der Waals surface area contributed by atoms with E-state index in [9.17, 15) is 9.18 Å². The van der Waals surface area contributed by atoms with Crippen LogP contribution < -0.4 is 5.32 Å². The highest BCUT2D eigenvalue weighted by molar-refractivity contribution is 8.00. The van der Waals surface area contributed by atoms with Gasteiger partial charge >= 0.3 is 0 Å². The Kier molecular flexibility index (Phi) is 5.79. The first-order valence-electron chi connectivity index (χ1n) is 8.68. The molecule has 29 heavy (non-hydrogen) atoms. The van der Waals surface area contributed by atoms with Crippen LogP contribution in [0.4, 0.5) is 9.52 Å². The van der Waals surface area contributed by atoms with Crippen molar-refractivity contribution in [2.45, 2.75) is 25.3 Å². The molecule has 0 spiro atoms.